The summed E-state index contributed by atoms with van der Waals surface area (Å²) in [5, 5.41) is 12.1. The van der Waals surface area contributed by atoms with E-state index in [0.29, 0.717) is 12.2 Å². The molecule has 3 rings (SSSR count). The zero-order valence-corrected chi connectivity index (χ0v) is 16.3. The van der Waals surface area contributed by atoms with E-state index >= 15 is 0 Å². The molecule has 0 aliphatic carbocycles. The van der Waals surface area contributed by atoms with Gasteiger partial charge in [-0.25, -0.2) is 4.79 Å². The van der Waals surface area contributed by atoms with Gasteiger partial charge in [0.25, 0.3) is 5.91 Å². The zero-order valence-electron chi connectivity index (χ0n) is 15.5. The number of ether oxygens (including phenoxy) is 1. The molecule has 1 unspecified atom stereocenters. The molecule has 6 heteroatoms. The van der Waals surface area contributed by atoms with E-state index in [1.807, 2.05) is 18.2 Å². The van der Waals surface area contributed by atoms with Gasteiger partial charge in [0, 0.05) is 29.2 Å². The Bertz CT molecular complexity index is 859. The molecule has 0 saturated carbocycles. The van der Waals surface area contributed by atoms with Gasteiger partial charge in [-0.15, -0.1) is 11.8 Å². The van der Waals surface area contributed by atoms with Crippen molar-refractivity contribution < 1.29 is 19.4 Å². The van der Waals surface area contributed by atoms with Crippen LogP contribution in [0.3, 0.4) is 0 Å². The van der Waals surface area contributed by atoms with E-state index in [0.717, 1.165) is 11.3 Å². The lowest BCUT2D eigenvalue weighted by molar-refractivity contribution is -0.144. The summed E-state index contributed by atoms with van der Waals surface area (Å²) in [6.45, 7) is 4.48. The van der Waals surface area contributed by atoms with Crippen LogP contribution < -0.4 is 5.32 Å². The number of benzene rings is 2. The monoisotopic (exact) mass is 385 g/mol. The molecule has 5 nitrogen and oxygen atoms in total. The summed E-state index contributed by atoms with van der Waals surface area (Å²) >= 11 is 1.73. The molecule has 1 aliphatic heterocycles. The van der Waals surface area contributed by atoms with E-state index in [1.54, 1.807) is 17.8 Å². The van der Waals surface area contributed by atoms with E-state index in [-0.39, 0.29) is 18.9 Å². The van der Waals surface area contributed by atoms with Crippen LogP contribution in [0.25, 0.3) is 0 Å². The fraction of sp³-hybridized carbons (Fsp3) is 0.333. The number of rotatable bonds is 6. The molecule has 0 aromatic heterocycles. The summed E-state index contributed by atoms with van der Waals surface area (Å²) in [5.41, 5.74) is 2.58. The number of carboxylic acids is 1. The summed E-state index contributed by atoms with van der Waals surface area (Å²) in [6.07, 6.45) is 0.274. The second kappa shape index (κ2) is 8.15. The number of aliphatic carboxylic acids is 1. The van der Waals surface area contributed by atoms with Crippen LogP contribution in [0.15, 0.2) is 47.4 Å². The number of thioether (sulfide) groups is 1. The molecule has 1 heterocycles. The third-order valence-corrected chi connectivity index (χ3v) is 5.94. The van der Waals surface area contributed by atoms with E-state index in [2.05, 4.69) is 37.4 Å². The summed E-state index contributed by atoms with van der Waals surface area (Å²) in [6, 6.07) is 13.7. The lowest BCUT2D eigenvalue weighted by Gasteiger charge is -2.23. The van der Waals surface area contributed by atoms with E-state index in [9.17, 15) is 14.7 Å². The molecule has 27 heavy (non-hydrogen) atoms. The minimum absolute atomic E-state index is 0.00372. The van der Waals surface area contributed by atoms with Crippen molar-refractivity contribution in [1.82, 2.24) is 5.32 Å². The Morgan fingerprint density at radius 2 is 2.04 bits per heavy atom. The molecular weight excluding hydrogens is 362 g/mol. The van der Waals surface area contributed by atoms with Gasteiger partial charge in [-0.1, -0.05) is 29.8 Å². The summed E-state index contributed by atoms with van der Waals surface area (Å²) < 4.78 is 5.19. The average Bonchev–Trinajstić information content (AvgIpc) is 3.12. The third kappa shape index (κ3) is 4.51. The number of amides is 1. The highest BCUT2D eigenvalue weighted by molar-refractivity contribution is 7.98. The van der Waals surface area contributed by atoms with Crippen molar-refractivity contribution in [3.63, 3.8) is 0 Å². The van der Waals surface area contributed by atoms with Gasteiger partial charge in [0.2, 0.25) is 0 Å². The first-order chi connectivity index (χ1) is 12.9. The normalized spacial score (nSPS) is 19.0. The van der Waals surface area contributed by atoms with Crippen LogP contribution in [0.5, 0.6) is 0 Å². The number of aryl methyl sites for hydroxylation is 2. The van der Waals surface area contributed by atoms with Crippen molar-refractivity contribution in [1.29, 1.82) is 0 Å². The average molecular weight is 385 g/mol. The molecule has 0 spiro atoms. The molecule has 1 saturated heterocycles. The highest BCUT2D eigenvalue weighted by Gasteiger charge is 2.44. The fourth-order valence-electron chi connectivity index (χ4n) is 3.00. The van der Waals surface area contributed by atoms with Gasteiger partial charge >= 0.3 is 5.97 Å². The Hall–Kier alpha value is -2.31. The van der Waals surface area contributed by atoms with Gasteiger partial charge in [-0.05, 0) is 43.2 Å². The number of carbonyl (C=O) groups is 2. The van der Waals surface area contributed by atoms with Crippen molar-refractivity contribution in [3.05, 3.63) is 64.7 Å². The fourth-order valence-corrected chi connectivity index (χ4v) is 4.07. The molecule has 2 aromatic rings. The maximum atomic E-state index is 12.6. The van der Waals surface area contributed by atoms with Crippen molar-refractivity contribution in [2.24, 2.45) is 0 Å². The van der Waals surface area contributed by atoms with Gasteiger partial charge in [0.15, 0.2) is 5.54 Å². The minimum atomic E-state index is -1.33. The maximum Gasteiger partial charge on any atom is 0.331 e. The van der Waals surface area contributed by atoms with Crippen molar-refractivity contribution >= 4 is 23.6 Å². The lowest BCUT2D eigenvalue weighted by atomic mass is 9.98. The molecule has 1 atom stereocenters. The van der Waals surface area contributed by atoms with Crippen LogP contribution >= 0.6 is 11.8 Å². The second-order valence-corrected chi connectivity index (χ2v) is 7.92. The van der Waals surface area contributed by atoms with Crippen LogP contribution in [-0.2, 0) is 15.3 Å². The Balaban J connectivity index is 1.70. The Kier molecular flexibility index (Phi) is 5.87. The number of carboxylic acid groups (broad SMARTS) is 1. The Morgan fingerprint density at radius 3 is 2.74 bits per heavy atom. The predicted octanol–water partition coefficient (Wildman–Crippen LogP) is 3.57. The molecule has 1 fully saturated rings. The van der Waals surface area contributed by atoms with E-state index < -0.39 is 11.5 Å². The lowest BCUT2D eigenvalue weighted by Crippen LogP contribution is -2.55. The minimum Gasteiger partial charge on any atom is -0.479 e. The smallest absolute Gasteiger partial charge is 0.331 e. The van der Waals surface area contributed by atoms with Crippen LogP contribution in [0.4, 0.5) is 0 Å². The second-order valence-electron chi connectivity index (χ2n) is 6.90. The summed E-state index contributed by atoms with van der Waals surface area (Å²) in [5.74, 6) is -0.713. The number of hydrogen-bond donors (Lipinski definition) is 2. The number of carbonyl (C=O) groups excluding carboxylic acids is 1. The van der Waals surface area contributed by atoms with E-state index in [4.69, 9.17) is 4.74 Å². The predicted molar refractivity (Wildman–Crippen MR) is 105 cm³/mol. The SMILES string of the molecule is Cc1ccc(C)c(SCc2cccc(C(=O)NC3(C(=O)O)CCOC3)c2)c1. The largest absolute Gasteiger partial charge is 0.479 e. The van der Waals surface area contributed by atoms with E-state index in [1.165, 1.54) is 16.0 Å². The summed E-state index contributed by atoms with van der Waals surface area (Å²) in [7, 11) is 0. The van der Waals surface area contributed by atoms with Gasteiger partial charge in [0.1, 0.15) is 0 Å². The number of hydrogen-bond acceptors (Lipinski definition) is 4. The molecule has 2 N–H and O–H groups in total. The first-order valence-corrected chi connectivity index (χ1v) is 9.81. The number of nitrogens with one attached hydrogen (secondary N) is 1. The molecule has 0 radical (unpaired) electrons. The summed E-state index contributed by atoms with van der Waals surface area (Å²) in [4.78, 5) is 25.4. The maximum absolute atomic E-state index is 12.6. The van der Waals surface area contributed by atoms with Crippen LogP contribution in [0.1, 0.15) is 33.5 Å². The van der Waals surface area contributed by atoms with Crippen LogP contribution in [0.2, 0.25) is 0 Å². The van der Waals surface area contributed by atoms with Gasteiger partial charge in [0.05, 0.1) is 6.61 Å². The van der Waals surface area contributed by atoms with Crippen molar-refractivity contribution in [2.75, 3.05) is 13.2 Å². The Morgan fingerprint density at radius 1 is 1.22 bits per heavy atom. The first kappa shape index (κ1) is 19.5. The molecule has 142 valence electrons. The van der Waals surface area contributed by atoms with Gasteiger partial charge in [-0.2, -0.15) is 0 Å². The zero-order chi connectivity index (χ0) is 19.4. The first-order valence-electron chi connectivity index (χ1n) is 8.82. The van der Waals surface area contributed by atoms with Gasteiger partial charge < -0.3 is 15.2 Å². The topological polar surface area (TPSA) is 75.6 Å². The van der Waals surface area contributed by atoms with Gasteiger partial charge in [-0.3, -0.25) is 4.79 Å². The Labute approximate surface area is 163 Å². The van der Waals surface area contributed by atoms with Crippen molar-refractivity contribution in [3.8, 4) is 0 Å². The molecule has 0 bridgehead atoms. The third-order valence-electron chi connectivity index (χ3n) is 4.71. The highest BCUT2D eigenvalue weighted by Crippen LogP contribution is 2.27. The highest BCUT2D eigenvalue weighted by atomic mass is 32.2. The molecule has 1 amide bonds. The standard InChI is InChI=1S/C21H23NO4S/c1-14-6-7-15(2)18(10-14)27-12-16-4-3-5-17(11-16)19(23)22-21(20(24)25)8-9-26-13-21/h3-7,10-11H,8-9,12-13H2,1-2H3,(H,22,23)(H,24,25). The van der Waals surface area contributed by atoms with Crippen LogP contribution in [-0.4, -0.2) is 35.7 Å². The molecular formula is C21H23NO4S. The van der Waals surface area contributed by atoms with Crippen LogP contribution in [0, 0.1) is 13.8 Å². The molecule has 1 aliphatic rings. The molecule has 2 aromatic carbocycles. The quantitative estimate of drug-likeness (QED) is 0.744. The van der Waals surface area contributed by atoms with Crippen molar-refractivity contribution in [2.45, 2.75) is 36.5 Å².